The van der Waals surface area contributed by atoms with Crippen LogP contribution in [0.15, 0.2) is 48.5 Å². The summed E-state index contributed by atoms with van der Waals surface area (Å²) in [5.74, 6) is -0.601. The zero-order valence-electron chi connectivity index (χ0n) is 16.2. The first kappa shape index (κ1) is 20.0. The number of halogens is 2. The molecule has 0 bridgehead atoms. The van der Waals surface area contributed by atoms with Gasteiger partial charge in [-0.15, -0.1) is 0 Å². The summed E-state index contributed by atoms with van der Waals surface area (Å²) in [6.07, 6.45) is 2.12. The van der Waals surface area contributed by atoms with Gasteiger partial charge in [0.15, 0.2) is 5.69 Å². The predicted molar refractivity (Wildman–Crippen MR) is 106 cm³/mol. The van der Waals surface area contributed by atoms with E-state index in [1.54, 1.807) is 12.1 Å². The Morgan fingerprint density at radius 3 is 2.50 bits per heavy atom. The van der Waals surface area contributed by atoms with E-state index >= 15 is 0 Å². The van der Waals surface area contributed by atoms with Gasteiger partial charge in [-0.05, 0) is 56.9 Å². The SMILES string of the molecule is CC(C)(NC(=O)c1nn(CCCCCF)c2ccccc12)c1ccc(F)cc1. The average Bonchev–Trinajstić information content (AvgIpc) is 3.04. The molecule has 0 saturated carbocycles. The molecular weight excluding hydrogens is 360 g/mol. The summed E-state index contributed by atoms with van der Waals surface area (Å²) in [6.45, 7) is 4.06. The summed E-state index contributed by atoms with van der Waals surface area (Å²) in [4.78, 5) is 13.0. The van der Waals surface area contributed by atoms with Crippen molar-refractivity contribution in [3.8, 4) is 0 Å². The quantitative estimate of drug-likeness (QED) is 0.556. The molecule has 0 atom stereocenters. The molecule has 2 aromatic carbocycles. The van der Waals surface area contributed by atoms with Gasteiger partial charge in [0.1, 0.15) is 5.82 Å². The van der Waals surface area contributed by atoms with Crippen molar-refractivity contribution >= 4 is 16.8 Å². The number of para-hydroxylation sites is 1. The number of amides is 1. The molecule has 6 heteroatoms. The van der Waals surface area contributed by atoms with Crippen molar-refractivity contribution in [2.24, 2.45) is 0 Å². The third-order valence-electron chi connectivity index (χ3n) is 4.87. The van der Waals surface area contributed by atoms with Crippen molar-refractivity contribution < 1.29 is 13.6 Å². The van der Waals surface area contributed by atoms with Gasteiger partial charge in [0.2, 0.25) is 0 Å². The van der Waals surface area contributed by atoms with E-state index in [2.05, 4.69) is 10.4 Å². The van der Waals surface area contributed by atoms with E-state index < -0.39 is 5.54 Å². The fourth-order valence-corrected chi connectivity index (χ4v) is 3.28. The Hall–Kier alpha value is -2.76. The predicted octanol–water partition coefficient (Wildman–Crippen LogP) is 4.98. The van der Waals surface area contributed by atoms with Gasteiger partial charge in [0.05, 0.1) is 17.7 Å². The lowest BCUT2D eigenvalue weighted by molar-refractivity contribution is 0.0907. The number of unbranched alkanes of at least 4 members (excludes halogenated alkanes) is 2. The maximum Gasteiger partial charge on any atom is 0.273 e. The molecule has 0 unspecified atom stereocenters. The standard InChI is InChI=1S/C22H25F2N3O/c1-22(2,16-10-12-17(24)13-11-16)25-21(28)20-18-8-4-5-9-19(18)27(26-20)15-7-3-6-14-23/h4-5,8-13H,3,6-7,14-15H2,1-2H3,(H,25,28). The maximum atomic E-state index is 13.2. The number of carbonyl (C=O) groups excluding carboxylic acids is 1. The molecule has 1 N–H and O–H groups in total. The lowest BCUT2D eigenvalue weighted by Crippen LogP contribution is -2.41. The number of hydrogen-bond acceptors (Lipinski definition) is 2. The molecule has 0 fully saturated rings. The normalized spacial score (nSPS) is 11.7. The minimum Gasteiger partial charge on any atom is -0.342 e. The van der Waals surface area contributed by atoms with Gasteiger partial charge < -0.3 is 5.32 Å². The molecule has 3 rings (SSSR count). The minimum absolute atomic E-state index is 0.284. The zero-order valence-corrected chi connectivity index (χ0v) is 16.2. The number of nitrogens with zero attached hydrogens (tertiary/aromatic N) is 2. The van der Waals surface area contributed by atoms with E-state index in [0.29, 0.717) is 18.7 Å². The van der Waals surface area contributed by atoms with Crippen molar-refractivity contribution in [2.75, 3.05) is 6.67 Å². The molecule has 0 saturated heterocycles. The highest BCUT2D eigenvalue weighted by Gasteiger charge is 2.26. The Kier molecular flexibility index (Phi) is 6.07. The van der Waals surface area contributed by atoms with Crippen LogP contribution >= 0.6 is 0 Å². The molecule has 0 radical (unpaired) electrons. The van der Waals surface area contributed by atoms with Gasteiger partial charge in [-0.1, -0.05) is 30.3 Å². The second-order valence-corrected chi connectivity index (χ2v) is 7.42. The molecule has 148 valence electrons. The van der Waals surface area contributed by atoms with Crippen LogP contribution in [0.5, 0.6) is 0 Å². The number of carbonyl (C=O) groups is 1. The van der Waals surface area contributed by atoms with Crippen LogP contribution in [0.1, 0.15) is 49.2 Å². The number of aryl methyl sites for hydroxylation is 1. The van der Waals surface area contributed by atoms with Crippen molar-refractivity contribution in [1.82, 2.24) is 15.1 Å². The lowest BCUT2D eigenvalue weighted by atomic mass is 9.94. The van der Waals surface area contributed by atoms with Gasteiger partial charge in [-0.2, -0.15) is 5.10 Å². The number of fused-ring (bicyclic) bond motifs is 1. The lowest BCUT2D eigenvalue weighted by Gasteiger charge is -2.26. The van der Waals surface area contributed by atoms with Gasteiger partial charge in [0, 0.05) is 11.9 Å². The van der Waals surface area contributed by atoms with E-state index in [0.717, 1.165) is 29.3 Å². The highest BCUT2D eigenvalue weighted by Crippen LogP contribution is 2.23. The largest absolute Gasteiger partial charge is 0.342 e. The van der Waals surface area contributed by atoms with Crippen LogP contribution in [0.25, 0.3) is 10.9 Å². The summed E-state index contributed by atoms with van der Waals surface area (Å²) in [5, 5.41) is 8.31. The van der Waals surface area contributed by atoms with Gasteiger partial charge in [-0.3, -0.25) is 13.9 Å². The zero-order chi connectivity index (χ0) is 20.1. The molecule has 0 aliphatic heterocycles. The summed E-state index contributed by atoms with van der Waals surface area (Å²) in [6, 6.07) is 13.7. The fraction of sp³-hybridized carbons (Fsp3) is 0.364. The summed E-state index contributed by atoms with van der Waals surface area (Å²) < 4.78 is 27.3. The highest BCUT2D eigenvalue weighted by atomic mass is 19.1. The van der Waals surface area contributed by atoms with Gasteiger partial charge in [-0.25, -0.2) is 4.39 Å². The van der Waals surface area contributed by atoms with Crippen LogP contribution in [0.2, 0.25) is 0 Å². The Labute approximate surface area is 163 Å². The van der Waals surface area contributed by atoms with Crippen molar-refractivity contribution in [3.05, 3.63) is 65.6 Å². The number of hydrogen-bond donors (Lipinski definition) is 1. The van der Waals surface area contributed by atoms with Crippen LogP contribution < -0.4 is 5.32 Å². The smallest absolute Gasteiger partial charge is 0.273 e. The Morgan fingerprint density at radius 2 is 1.79 bits per heavy atom. The summed E-state index contributed by atoms with van der Waals surface area (Å²) in [5.41, 5.74) is 1.36. The van der Waals surface area contributed by atoms with E-state index in [-0.39, 0.29) is 18.4 Å². The van der Waals surface area contributed by atoms with Crippen LogP contribution in [0.3, 0.4) is 0 Å². The number of alkyl halides is 1. The molecule has 4 nitrogen and oxygen atoms in total. The maximum absolute atomic E-state index is 13.2. The number of rotatable bonds is 8. The number of aromatic nitrogens is 2. The van der Waals surface area contributed by atoms with Crippen molar-refractivity contribution in [2.45, 2.75) is 45.2 Å². The van der Waals surface area contributed by atoms with E-state index in [1.165, 1.54) is 12.1 Å². The first-order valence-electron chi connectivity index (χ1n) is 9.52. The third-order valence-corrected chi connectivity index (χ3v) is 4.87. The minimum atomic E-state index is -0.684. The second kappa shape index (κ2) is 8.50. The topological polar surface area (TPSA) is 46.9 Å². The molecule has 1 heterocycles. The van der Waals surface area contributed by atoms with Crippen LogP contribution in [-0.4, -0.2) is 22.4 Å². The molecule has 28 heavy (non-hydrogen) atoms. The highest BCUT2D eigenvalue weighted by molar-refractivity contribution is 6.05. The van der Waals surface area contributed by atoms with Crippen molar-refractivity contribution in [3.63, 3.8) is 0 Å². The monoisotopic (exact) mass is 385 g/mol. The molecule has 1 amide bonds. The molecular formula is C22H25F2N3O. The van der Waals surface area contributed by atoms with E-state index in [4.69, 9.17) is 0 Å². The summed E-state index contributed by atoms with van der Waals surface area (Å²) in [7, 11) is 0. The van der Waals surface area contributed by atoms with E-state index in [9.17, 15) is 13.6 Å². The van der Waals surface area contributed by atoms with Gasteiger partial charge in [0.25, 0.3) is 5.91 Å². The van der Waals surface area contributed by atoms with E-state index in [1.807, 2.05) is 42.8 Å². The fourth-order valence-electron chi connectivity index (χ4n) is 3.28. The van der Waals surface area contributed by atoms with Crippen LogP contribution in [0.4, 0.5) is 8.78 Å². The summed E-state index contributed by atoms with van der Waals surface area (Å²) >= 11 is 0. The van der Waals surface area contributed by atoms with Crippen LogP contribution in [0, 0.1) is 5.82 Å². The first-order valence-corrected chi connectivity index (χ1v) is 9.52. The van der Waals surface area contributed by atoms with Gasteiger partial charge >= 0.3 is 0 Å². The molecule has 0 aliphatic carbocycles. The van der Waals surface area contributed by atoms with Crippen LogP contribution in [-0.2, 0) is 12.1 Å². The Morgan fingerprint density at radius 1 is 1.07 bits per heavy atom. The molecule has 1 aromatic heterocycles. The third kappa shape index (κ3) is 4.38. The van der Waals surface area contributed by atoms with Crippen molar-refractivity contribution in [1.29, 1.82) is 0 Å². The molecule has 0 spiro atoms. The molecule has 0 aliphatic rings. The molecule has 3 aromatic rings. The number of benzene rings is 2. The number of nitrogens with one attached hydrogen (secondary N) is 1. The Balaban J connectivity index is 1.84. The Bertz CT molecular complexity index is 948. The first-order chi connectivity index (χ1) is 13.4. The second-order valence-electron chi connectivity index (χ2n) is 7.42. The average molecular weight is 385 g/mol.